The summed E-state index contributed by atoms with van der Waals surface area (Å²) in [6.45, 7) is 2.76. The number of benzene rings is 1. The van der Waals surface area contributed by atoms with E-state index in [4.69, 9.17) is 5.73 Å². The smallest absolute Gasteiger partial charge is 0.125 e. The van der Waals surface area contributed by atoms with E-state index in [1.54, 1.807) is 17.4 Å². The molecule has 0 aliphatic rings. The van der Waals surface area contributed by atoms with E-state index in [0.717, 1.165) is 21.6 Å². The molecule has 0 aliphatic carbocycles. The monoisotopic (exact) mass is 224 g/mol. The summed E-state index contributed by atoms with van der Waals surface area (Å²) < 4.78 is 14.0. The van der Waals surface area contributed by atoms with E-state index in [-0.39, 0.29) is 5.82 Å². The summed E-state index contributed by atoms with van der Waals surface area (Å²) in [5, 5.41) is 1.04. The zero-order valence-electron chi connectivity index (χ0n) is 8.53. The molecule has 1 aromatic carbocycles. The van der Waals surface area contributed by atoms with Crippen LogP contribution in [0.25, 0.3) is 10.2 Å². The molecular weight excluding hydrogens is 211 g/mol. The Kier molecular flexibility index (Phi) is 2.98. The Morgan fingerprint density at radius 1 is 1.53 bits per heavy atom. The maximum Gasteiger partial charge on any atom is 0.125 e. The first kappa shape index (κ1) is 10.5. The molecule has 0 aliphatic heterocycles. The Morgan fingerprint density at radius 3 is 3.07 bits per heavy atom. The fourth-order valence-electron chi connectivity index (χ4n) is 1.50. The highest BCUT2D eigenvalue weighted by Crippen LogP contribution is 2.29. The molecule has 80 valence electrons. The molecule has 1 unspecified atom stereocenters. The van der Waals surface area contributed by atoms with Gasteiger partial charge in [-0.1, -0.05) is 6.92 Å². The molecule has 0 amide bonds. The highest BCUT2D eigenvalue weighted by Gasteiger charge is 2.10. The summed E-state index contributed by atoms with van der Waals surface area (Å²) in [6.07, 6.45) is 0.919. The van der Waals surface area contributed by atoms with Crippen LogP contribution in [0.5, 0.6) is 0 Å². The lowest BCUT2D eigenvalue weighted by molar-refractivity contribution is 0.629. The summed E-state index contributed by atoms with van der Waals surface area (Å²) in [7, 11) is 0. The number of halogens is 1. The predicted octanol–water partition coefficient (Wildman–Crippen LogP) is 2.89. The minimum atomic E-state index is -0.231. The molecule has 0 saturated carbocycles. The summed E-state index contributed by atoms with van der Waals surface area (Å²) in [4.78, 5) is 4.42. The van der Waals surface area contributed by atoms with E-state index < -0.39 is 0 Å². The van der Waals surface area contributed by atoms with Crippen molar-refractivity contribution in [1.82, 2.24) is 4.98 Å². The number of nitrogens with zero attached hydrogens (tertiary/aromatic N) is 1. The van der Waals surface area contributed by atoms with Crippen LogP contribution in [-0.4, -0.2) is 11.5 Å². The average molecular weight is 224 g/mol. The van der Waals surface area contributed by atoms with Crippen molar-refractivity contribution in [3.05, 3.63) is 29.0 Å². The first-order chi connectivity index (χ1) is 7.20. The molecule has 4 heteroatoms. The fraction of sp³-hybridized carbons (Fsp3) is 0.364. The second kappa shape index (κ2) is 4.24. The third kappa shape index (κ3) is 2.16. The number of hydrogen-bond donors (Lipinski definition) is 1. The molecule has 2 nitrogen and oxygen atoms in total. The predicted molar refractivity (Wildman–Crippen MR) is 61.7 cm³/mol. The molecule has 1 aromatic heterocycles. The SMILES string of the molecule is CC(CCN)c1nc2cc(F)ccc2s1. The minimum absolute atomic E-state index is 0.231. The van der Waals surface area contributed by atoms with Crippen LogP contribution in [-0.2, 0) is 0 Å². The Morgan fingerprint density at radius 2 is 2.33 bits per heavy atom. The number of hydrogen-bond acceptors (Lipinski definition) is 3. The van der Waals surface area contributed by atoms with Crippen molar-refractivity contribution >= 4 is 21.6 Å². The van der Waals surface area contributed by atoms with Gasteiger partial charge in [0, 0.05) is 12.0 Å². The number of rotatable bonds is 3. The Hall–Kier alpha value is -1.00. The van der Waals surface area contributed by atoms with E-state index in [0.29, 0.717) is 12.5 Å². The maximum absolute atomic E-state index is 12.9. The second-order valence-corrected chi connectivity index (χ2v) is 4.70. The van der Waals surface area contributed by atoms with Crippen LogP contribution >= 0.6 is 11.3 Å². The van der Waals surface area contributed by atoms with Gasteiger partial charge in [-0.2, -0.15) is 0 Å². The number of thiazole rings is 1. The van der Waals surface area contributed by atoms with Gasteiger partial charge in [0.2, 0.25) is 0 Å². The summed E-state index contributed by atoms with van der Waals surface area (Å²) in [5.74, 6) is 0.126. The van der Waals surface area contributed by atoms with Crippen LogP contribution in [0.4, 0.5) is 4.39 Å². The van der Waals surface area contributed by atoms with E-state index in [9.17, 15) is 4.39 Å². The molecule has 0 saturated heterocycles. The van der Waals surface area contributed by atoms with Crippen LogP contribution in [0.1, 0.15) is 24.3 Å². The highest BCUT2D eigenvalue weighted by atomic mass is 32.1. The van der Waals surface area contributed by atoms with Gasteiger partial charge < -0.3 is 5.73 Å². The summed E-state index contributed by atoms with van der Waals surface area (Å²) in [6, 6.07) is 4.73. The minimum Gasteiger partial charge on any atom is -0.330 e. The molecular formula is C11H13FN2S. The van der Waals surface area contributed by atoms with Crippen molar-refractivity contribution in [2.45, 2.75) is 19.3 Å². The van der Waals surface area contributed by atoms with E-state index in [1.807, 2.05) is 0 Å². The van der Waals surface area contributed by atoms with Crippen molar-refractivity contribution in [3.8, 4) is 0 Å². The molecule has 0 radical (unpaired) electrons. The van der Waals surface area contributed by atoms with Gasteiger partial charge in [0.05, 0.1) is 15.2 Å². The van der Waals surface area contributed by atoms with Crippen molar-refractivity contribution in [1.29, 1.82) is 0 Å². The zero-order chi connectivity index (χ0) is 10.8. The summed E-state index contributed by atoms with van der Waals surface area (Å²) >= 11 is 1.62. The van der Waals surface area contributed by atoms with Gasteiger partial charge in [-0.15, -0.1) is 11.3 Å². The number of nitrogens with two attached hydrogens (primary N) is 1. The van der Waals surface area contributed by atoms with Gasteiger partial charge in [-0.05, 0) is 25.1 Å². The largest absolute Gasteiger partial charge is 0.330 e. The lowest BCUT2D eigenvalue weighted by atomic mass is 10.1. The normalized spacial score (nSPS) is 13.3. The Labute approximate surface area is 91.9 Å². The molecule has 2 N–H and O–H groups in total. The van der Waals surface area contributed by atoms with Crippen molar-refractivity contribution in [2.75, 3.05) is 6.54 Å². The molecule has 15 heavy (non-hydrogen) atoms. The van der Waals surface area contributed by atoms with Gasteiger partial charge in [0.25, 0.3) is 0 Å². The molecule has 1 atom stereocenters. The average Bonchev–Trinajstić information content (AvgIpc) is 2.60. The second-order valence-electron chi connectivity index (χ2n) is 3.64. The van der Waals surface area contributed by atoms with Crippen LogP contribution in [0.2, 0.25) is 0 Å². The Balaban J connectivity index is 2.38. The van der Waals surface area contributed by atoms with Crippen molar-refractivity contribution < 1.29 is 4.39 Å². The van der Waals surface area contributed by atoms with Crippen LogP contribution in [0.15, 0.2) is 18.2 Å². The first-order valence-corrected chi connectivity index (χ1v) is 5.78. The molecule has 2 rings (SSSR count). The third-order valence-electron chi connectivity index (χ3n) is 2.39. The zero-order valence-corrected chi connectivity index (χ0v) is 9.35. The van der Waals surface area contributed by atoms with E-state index in [1.165, 1.54) is 12.1 Å². The van der Waals surface area contributed by atoms with Gasteiger partial charge in [-0.3, -0.25) is 0 Å². The van der Waals surface area contributed by atoms with E-state index >= 15 is 0 Å². The van der Waals surface area contributed by atoms with Gasteiger partial charge >= 0.3 is 0 Å². The van der Waals surface area contributed by atoms with E-state index in [2.05, 4.69) is 11.9 Å². The molecule has 0 fully saturated rings. The highest BCUT2D eigenvalue weighted by molar-refractivity contribution is 7.18. The maximum atomic E-state index is 12.9. The standard InChI is InChI=1S/C11H13FN2S/c1-7(4-5-13)11-14-9-6-8(12)2-3-10(9)15-11/h2-3,6-7H,4-5,13H2,1H3. The first-order valence-electron chi connectivity index (χ1n) is 4.96. The summed E-state index contributed by atoms with van der Waals surface area (Å²) in [5.41, 5.74) is 6.25. The molecule has 0 spiro atoms. The van der Waals surface area contributed by atoms with Gasteiger partial charge in [0.1, 0.15) is 5.82 Å². The van der Waals surface area contributed by atoms with Crippen molar-refractivity contribution in [3.63, 3.8) is 0 Å². The fourth-order valence-corrected chi connectivity index (χ4v) is 2.54. The number of aromatic nitrogens is 1. The van der Waals surface area contributed by atoms with Gasteiger partial charge in [-0.25, -0.2) is 9.37 Å². The molecule has 0 bridgehead atoms. The molecule has 2 aromatic rings. The van der Waals surface area contributed by atoms with Crippen LogP contribution < -0.4 is 5.73 Å². The van der Waals surface area contributed by atoms with Gasteiger partial charge in [0.15, 0.2) is 0 Å². The number of fused-ring (bicyclic) bond motifs is 1. The van der Waals surface area contributed by atoms with Crippen LogP contribution in [0.3, 0.4) is 0 Å². The molecule has 1 heterocycles. The lowest BCUT2D eigenvalue weighted by Gasteiger charge is -2.03. The quantitative estimate of drug-likeness (QED) is 0.870. The topological polar surface area (TPSA) is 38.9 Å². The third-order valence-corrected chi connectivity index (χ3v) is 3.66. The Bertz CT molecular complexity index is 467. The lowest BCUT2D eigenvalue weighted by Crippen LogP contribution is -2.03. The van der Waals surface area contributed by atoms with Crippen LogP contribution in [0, 0.1) is 5.82 Å². The van der Waals surface area contributed by atoms with Crippen molar-refractivity contribution in [2.24, 2.45) is 5.73 Å².